The zero-order valence-electron chi connectivity index (χ0n) is 9.53. The second-order valence-electron chi connectivity index (χ2n) is 4.31. The van der Waals surface area contributed by atoms with Crippen molar-refractivity contribution in [2.24, 2.45) is 5.41 Å². The maximum Gasteiger partial charge on any atom is 0.141 e. The number of ketones is 1. The van der Waals surface area contributed by atoms with E-state index in [2.05, 4.69) is 0 Å². The zero-order chi connectivity index (χ0) is 11.5. The molecule has 0 bridgehead atoms. The third kappa shape index (κ3) is 2.45. The second kappa shape index (κ2) is 4.58. The molecule has 0 aliphatic heterocycles. The third-order valence-corrected chi connectivity index (χ3v) is 2.84. The molecule has 15 heavy (non-hydrogen) atoms. The molecule has 0 fully saturated rings. The summed E-state index contributed by atoms with van der Waals surface area (Å²) in [7, 11) is 0. The van der Waals surface area contributed by atoms with E-state index in [9.17, 15) is 9.90 Å². The van der Waals surface area contributed by atoms with Crippen LogP contribution in [0.3, 0.4) is 0 Å². The van der Waals surface area contributed by atoms with Crippen LogP contribution >= 0.6 is 0 Å². The fourth-order valence-corrected chi connectivity index (χ4v) is 1.66. The van der Waals surface area contributed by atoms with E-state index >= 15 is 0 Å². The Hall–Kier alpha value is -1.15. The summed E-state index contributed by atoms with van der Waals surface area (Å²) in [6, 6.07) is 9.31. The van der Waals surface area contributed by atoms with Crippen molar-refractivity contribution in [1.29, 1.82) is 0 Å². The largest absolute Gasteiger partial charge is 0.387 e. The van der Waals surface area contributed by atoms with Crippen LogP contribution < -0.4 is 0 Å². The van der Waals surface area contributed by atoms with E-state index in [4.69, 9.17) is 0 Å². The van der Waals surface area contributed by atoms with Crippen molar-refractivity contribution < 1.29 is 9.90 Å². The number of carbonyl (C=O) groups excluding carboxylic acids is 1. The molecule has 0 aliphatic carbocycles. The summed E-state index contributed by atoms with van der Waals surface area (Å²) in [4.78, 5) is 11.7. The fourth-order valence-electron chi connectivity index (χ4n) is 1.66. The van der Waals surface area contributed by atoms with Crippen LogP contribution in [0.25, 0.3) is 0 Å². The molecule has 1 aromatic rings. The second-order valence-corrected chi connectivity index (χ2v) is 4.31. The van der Waals surface area contributed by atoms with E-state index in [0.717, 1.165) is 5.56 Å². The molecule has 1 N–H and O–H groups in total. The van der Waals surface area contributed by atoms with Crippen LogP contribution in [0.1, 0.15) is 38.9 Å². The molecule has 0 spiro atoms. The molecule has 1 aromatic carbocycles. The Kier molecular flexibility index (Phi) is 3.64. The molecule has 0 amide bonds. The number of aliphatic hydroxyl groups is 1. The number of rotatable bonds is 4. The molecular weight excluding hydrogens is 188 g/mol. The van der Waals surface area contributed by atoms with Gasteiger partial charge in [-0.3, -0.25) is 4.79 Å². The van der Waals surface area contributed by atoms with Gasteiger partial charge in [-0.2, -0.15) is 0 Å². The highest BCUT2D eigenvalue weighted by Crippen LogP contribution is 2.34. The highest BCUT2D eigenvalue weighted by Gasteiger charge is 2.34. The van der Waals surface area contributed by atoms with E-state index in [0.29, 0.717) is 6.42 Å². The first-order valence-electron chi connectivity index (χ1n) is 5.26. The molecule has 0 saturated heterocycles. The van der Waals surface area contributed by atoms with Crippen molar-refractivity contribution in [3.63, 3.8) is 0 Å². The first kappa shape index (κ1) is 11.9. The Morgan fingerprint density at radius 3 is 2.33 bits per heavy atom. The topological polar surface area (TPSA) is 37.3 Å². The lowest BCUT2D eigenvalue weighted by Gasteiger charge is -2.29. The number of benzene rings is 1. The van der Waals surface area contributed by atoms with Gasteiger partial charge < -0.3 is 5.11 Å². The smallest absolute Gasteiger partial charge is 0.141 e. The highest BCUT2D eigenvalue weighted by atomic mass is 16.3. The van der Waals surface area contributed by atoms with Gasteiger partial charge in [0.1, 0.15) is 5.78 Å². The summed E-state index contributed by atoms with van der Waals surface area (Å²) < 4.78 is 0. The van der Waals surface area contributed by atoms with Gasteiger partial charge in [0.2, 0.25) is 0 Å². The Bertz CT molecular complexity index is 328. The quantitative estimate of drug-likeness (QED) is 0.822. The molecule has 1 rings (SSSR count). The third-order valence-electron chi connectivity index (χ3n) is 2.84. The molecule has 2 nitrogen and oxygen atoms in total. The van der Waals surface area contributed by atoms with Crippen LogP contribution in [0.2, 0.25) is 0 Å². The van der Waals surface area contributed by atoms with Gasteiger partial charge in [0, 0.05) is 6.42 Å². The first-order valence-corrected chi connectivity index (χ1v) is 5.26. The first-order chi connectivity index (χ1) is 7.00. The van der Waals surface area contributed by atoms with Crippen LogP contribution in [-0.2, 0) is 4.79 Å². The van der Waals surface area contributed by atoms with Gasteiger partial charge in [-0.05, 0) is 5.56 Å². The van der Waals surface area contributed by atoms with Crippen molar-refractivity contribution >= 4 is 5.78 Å². The summed E-state index contributed by atoms with van der Waals surface area (Å²) in [5.41, 5.74) is 0.0834. The summed E-state index contributed by atoms with van der Waals surface area (Å²) in [6.07, 6.45) is -0.275. The highest BCUT2D eigenvalue weighted by molar-refractivity contribution is 5.84. The van der Waals surface area contributed by atoms with Gasteiger partial charge in [-0.25, -0.2) is 0 Å². The number of hydrogen-bond donors (Lipinski definition) is 1. The molecule has 82 valence electrons. The lowest BCUT2D eigenvalue weighted by Crippen LogP contribution is -2.31. The molecule has 1 unspecified atom stereocenters. The number of hydrogen-bond acceptors (Lipinski definition) is 2. The van der Waals surface area contributed by atoms with E-state index in [1.165, 1.54) is 0 Å². The van der Waals surface area contributed by atoms with Crippen molar-refractivity contribution in [3.8, 4) is 0 Å². The standard InChI is InChI=1S/C13H18O2/c1-4-11(14)13(2,3)12(15)10-8-6-5-7-9-10/h5-9,12,15H,4H2,1-3H3. The van der Waals surface area contributed by atoms with Gasteiger partial charge in [0.15, 0.2) is 0 Å². The SMILES string of the molecule is CCC(=O)C(C)(C)C(O)c1ccccc1. The van der Waals surface area contributed by atoms with Crippen LogP contribution in [0.4, 0.5) is 0 Å². The lowest BCUT2D eigenvalue weighted by molar-refractivity contribution is -0.133. The molecule has 0 aromatic heterocycles. The van der Waals surface area contributed by atoms with Gasteiger partial charge in [0.25, 0.3) is 0 Å². The minimum Gasteiger partial charge on any atom is -0.387 e. The van der Waals surface area contributed by atoms with E-state index in [1.54, 1.807) is 13.8 Å². The van der Waals surface area contributed by atoms with Gasteiger partial charge >= 0.3 is 0 Å². The van der Waals surface area contributed by atoms with Gasteiger partial charge in [-0.1, -0.05) is 51.1 Å². The van der Waals surface area contributed by atoms with Crippen LogP contribution in [0.15, 0.2) is 30.3 Å². The summed E-state index contributed by atoms with van der Waals surface area (Å²) in [5.74, 6) is 0.0823. The maximum absolute atomic E-state index is 11.7. The molecule has 1 atom stereocenters. The minimum absolute atomic E-state index is 0.0823. The predicted molar refractivity (Wildman–Crippen MR) is 60.5 cm³/mol. The average molecular weight is 206 g/mol. The molecule has 0 saturated carbocycles. The van der Waals surface area contributed by atoms with Crippen molar-refractivity contribution in [3.05, 3.63) is 35.9 Å². The normalized spacial score (nSPS) is 13.6. The molecule has 0 heterocycles. The number of carbonyl (C=O) groups is 1. The monoisotopic (exact) mass is 206 g/mol. The van der Waals surface area contributed by atoms with Crippen molar-refractivity contribution in [1.82, 2.24) is 0 Å². The van der Waals surface area contributed by atoms with Crippen molar-refractivity contribution in [2.75, 3.05) is 0 Å². The minimum atomic E-state index is -0.730. The zero-order valence-corrected chi connectivity index (χ0v) is 9.53. The number of aliphatic hydroxyl groups excluding tert-OH is 1. The van der Waals surface area contributed by atoms with E-state index in [-0.39, 0.29) is 5.78 Å². The summed E-state index contributed by atoms with van der Waals surface area (Å²) in [6.45, 7) is 5.40. The lowest BCUT2D eigenvalue weighted by atomic mass is 9.78. The molecular formula is C13H18O2. The fraction of sp³-hybridized carbons (Fsp3) is 0.462. The Morgan fingerprint density at radius 1 is 1.33 bits per heavy atom. The van der Waals surface area contributed by atoms with Crippen molar-refractivity contribution in [2.45, 2.75) is 33.3 Å². The van der Waals surface area contributed by atoms with E-state index in [1.807, 2.05) is 37.3 Å². The Balaban J connectivity index is 2.94. The van der Waals surface area contributed by atoms with Crippen LogP contribution in [0, 0.1) is 5.41 Å². The average Bonchev–Trinajstić information content (AvgIpc) is 2.28. The van der Waals surface area contributed by atoms with Gasteiger partial charge in [-0.15, -0.1) is 0 Å². The Labute approximate surface area is 90.9 Å². The summed E-state index contributed by atoms with van der Waals surface area (Å²) in [5, 5.41) is 10.1. The summed E-state index contributed by atoms with van der Waals surface area (Å²) >= 11 is 0. The van der Waals surface area contributed by atoms with E-state index < -0.39 is 11.5 Å². The molecule has 2 heteroatoms. The van der Waals surface area contributed by atoms with Crippen LogP contribution in [0.5, 0.6) is 0 Å². The molecule has 0 radical (unpaired) electrons. The van der Waals surface area contributed by atoms with Crippen LogP contribution in [-0.4, -0.2) is 10.9 Å². The molecule has 0 aliphatic rings. The predicted octanol–water partition coefficient (Wildman–Crippen LogP) is 2.73. The van der Waals surface area contributed by atoms with Gasteiger partial charge in [0.05, 0.1) is 11.5 Å². The Morgan fingerprint density at radius 2 is 1.87 bits per heavy atom. The number of Topliss-reactive ketones (excluding diaryl/α,β-unsaturated/α-hetero) is 1. The maximum atomic E-state index is 11.7.